The topological polar surface area (TPSA) is 26.0 Å². The Bertz CT molecular complexity index is 383. The number of halogens is 3. The molecule has 0 aromatic heterocycles. The number of rotatable bonds is 5. The molecule has 1 aromatic rings. The molecule has 0 saturated carbocycles. The van der Waals surface area contributed by atoms with E-state index in [4.69, 9.17) is 5.73 Å². The first-order chi connectivity index (χ1) is 8.32. The van der Waals surface area contributed by atoms with E-state index in [0.29, 0.717) is 12.8 Å². The van der Waals surface area contributed by atoms with E-state index in [1.54, 1.807) is 0 Å². The molecule has 0 radical (unpaired) electrons. The highest BCUT2D eigenvalue weighted by Gasteiger charge is 2.30. The molecule has 0 aliphatic rings. The molecule has 0 fully saturated rings. The summed E-state index contributed by atoms with van der Waals surface area (Å²) in [6.45, 7) is 3.77. The van der Waals surface area contributed by atoms with Crippen molar-refractivity contribution < 1.29 is 13.2 Å². The molecule has 0 spiro atoms. The monoisotopic (exact) mass is 259 g/mol. The zero-order chi connectivity index (χ0) is 13.8. The molecule has 0 saturated heterocycles. The van der Waals surface area contributed by atoms with Crippen LogP contribution in [0.4, 0.5) is 13.2 Å². The Morgan fingerprint density at radius 1 is 1.17 bits per heavy atom. The molecule has 4 heteroatoms. The summed E-state index contributed by atoms with van der Waals surface area (Å²) in [4.78, 5) is 0. The molecule has 1 rings (SSSR count). The second-order valence-corrected chi connectivity index (χ2v) is 4.76. The Hall–Kier alpha value is -1.03. The van der Waals surface area contributed by atoms with Crippen molar-refractivity contribution in [2.24, 2.45) is 5.73 Å². The van der Waals surface area contributed by atoms with E-state index in [1.807, 2.05) is 19.9 Å². The number of hydrogen-bond acceptors (Lipinski definition) is 1. The number of aryl methyl sites for hydroxylation is 2. The zero-order valence-corrected chi connectivity index (χ0v) is 10.8. The Morgan fingerprint density at radius 2 is 1.78 bits per heavy atom. The highest BCUT2D eigenvalue weighted by molar-refractivity contribution is 5.32. The molecule has 1 aromatic carbocycles. The molecule has 102 valence electrons. The van der Waals surface area contributed by atoms with E-state index in [2.05, 4.69) is 0 Å². The van der Waals surface area contributed by atoms with Crippen LogP contribution in [0.25, 0.3) is 0 Å². The van der Waals surface area contributed by atoms with Gasteiger partial charge in [0.2, 0.25) is 0 Å². The van der Waals surface area contributed by atoms with Crippen LogP contribution in [0.2, 0.25) is 0 Å². The largest absolute Gasteiger partial charge is 0.416 e. The maximum Gasteiger partial charge on any atom is 0.416 e. The zero-order valence-electron chi connectivity index (χ0n) is 10.8. The van der Waals surface area contributed by atoms with Crippen molar-refractivity contribution in [2.45, 2.75) is 51.7 Å². The molecule has 0 amide bonds. The third kappa shape index (κ3) is 4.69. The highest BCUT2D eigenvalue weighted by atomic mass is 19.4. The smallest absolute Gasteiger partial charge is 0.328 e. The molecule has 1 atom stereocenters. The lowest BCUT2D eigenvalue weighted by atomic mass is 9.99. The van der Waals surface area contributed by atoms with Gasteiger partial charge in [-0.3, -0.25) is 0 Å². The van der Waals surface area contributed by atoms with Gasteiger partial charge in [0.25, 0.3) is 0 Å². The highest BCUT2D eigenvalue weighted by Crippen LogP contribution is 2.31. The number of hydrogen-bond donors (Lipinski definition) is 1. The van der Waals surface area contributed by atoms with Gasteiger partial charge in [0, 0.05) is 6.04 Å². The van der Waals surface area contributed by atoms with Crippen molar-refractivity contribution in [3.05, 3.63) is 34.9 Å². The van der Waals surface area contributed by atoms with E-state index in [9.17, 15) is 13.2 Å². The van der Waals surface area contributed by atoms with Gasteiger partial charge in [0.05, 0.1) is 5.56 Å². The first-order valence-electron chi connectivity index (χ1n) is 6.28. The number of alkyl halides is 3. The Labute approximate surface area is 106 Å². The molecule has 1 nitrogen and oxygen atoms in total. The summed E-state index contributed by atoms with van der Waals surface area (Å²) in [6.07, 6.45) is -1.34. The molecular formula is C14H20F3N. The van der Waals surface area contributed by atoms with Gasteiger partial charge in [-0.1, -0.05) is 13.0 Å². The van der Waals surface area contributed by atoms with E-state index in [-0.39, 0.29) is 6.04 Å². The van der Waals surface area contributed by atoms with Gasteiger partial charge in [-0.15, -0.1) is 0 Å². The average Bonchev–Trinajstić information content (AvgIpc) is 2.27. The van der Waals surface area contributed by atoms with Gasteiger partial charge in [-0.2, -0.15) is 13.2 Å². The minimum Gasteiger partial charge on any atom is -0.328 e. The van der Waals surface area contributed by atoms with Crippen molar-refractivity contribution >= 4 is 0 Å². The molecular weight excluding hydrogens is 239 g/mol. The van der Waals surface area contributed by atoms with Crippen LogP contribution in [-0.2, 0) is 19.0 Å². The van der Waals surface area contributed by atoms with Crippen molar-refractivity contribution in [1.82, 2.24) is 0 Å². The quantitative estimate of drug-likeness (QED) is 0.851. The van der Waals surface area contributed by atoms with Gasteiger partial charge in [0.15, 0.2) is 0 Å². The summed E-state index contributed by atoms with van der Waals surface area (Å²) in [6, 6.07) is 4.44. The van der Waals surface area contributed by atoms with Gasteiger partial charge in [-0.05, 0) is 55.9 Å². The standard InChI is InChI=1S/C14H20F3N/c1-3-11-7-12(6-4-5-10(2)18)9-13(8-11)14(15,16)17/h7-10H,3-6,18H2,1-2H3/t10-/m0/s1. The van der Waals surface area contributed by atoms with Crippen molar-refractivity contribution in [2.75, 3.05) is 0 Å². The van der Waals surface area contributed by atoms with E-state index in [0.717, 1.165) is 24.0 Å². The molecule has 0 aliphatic heterocycles. The summed E-state index contributed by atoms with van der Waals surface area (Å²) in [5.41, 5.74) is 6.58. The first kappa shape index (κ1) is 15.0. The summed E-state index contributed by atoms with van der Waals surface area (Å²) in [5, 5.41) is 0. The van der Waals surface area contributed by atoms with Crippen LogP contribution in [0.5, 0.6) is 0 Å². The van der Waals surface area contributed by atoms with Crippen LogP contribution >= 0.6 is 0 Å². The van der Waals surface area contributed by atoms with E-state index in [1.165, 1.54) is 12.1 Å². The molecule has 2 N–H and O–H groups in total. The molecule has 0 heterocycles. The summed E-state index contributed by atoms with van der Waals surface area (Å²) in [7, 11) is 0. The van der Waals surface area contributed by atoms with Gasteiger partial charge >= 0.3 is 6.18 Å². The minimum atomic E-state index is -4.26. The second kappa shape index (κ2) is 6.23. The summed E-state index contributed by atoms with van der Waals surface area (Å²) in [5.74, 6) is 0. The maximum absolute atomic E-state index is 12.7. The van der Waals surface area contributed by atoms with E-state index < -0.39 is 11.7 Å². The van der Waals surface area contributed by atoms with Crippen molar-refractivity contribution in [3.63, 3.8) is 0 Å². The first-order valence-corrected chi connectivity index (χ1v) is 6.28. The lowest BCUT2D eigenvalue weighted by Crippen LogP contribution is -2.14. The van der Waals surface area contributed by atoms with Crippen LogP contribution in [0.1, 0.15) is 43.4 Å². The molecule has 0 aliphatic carbocycles. The third-order valence-electron chi connectivity index (χ3n) is 2.91. The van der Waals surface area contributed by atoms with Crippen LogP contribution in [-0.4, -0.2) is 6.04 Å². The second-order valence-electron chi connectivity index (χ2n) is 4.76. The fourth-order valence-corrected chi connectivity index (χ4v) is 1.90. The van der Waals surface area contributed by atoms with Crippen LogP contribution in [0, 0.1) is 0 Å². The number of nitrogens with two attached hydrogens (primary N) is 1. The Kier molecular flexibility index (Phi) is 5.20. The lowest BCUT2D eigenvalue weighted by molar-refractivity contribution is -0.137. The van der Waals surface area contributed by atoms with Gasteiger partial charge in [0.1, 0.15) is 0 Å². The normalized spacial score (nSPS) is 13.7. The van der Waals surface area contributed by atoms with Gasteiger partial charge < -0.3 is 5.73 Å². The van der Waals surface area contributed by atoms with Crippen LogP contribution in [0.3, 0.4) is 0 Å². The minimum absolute atomic E-state index is 0.0986. The predicted molar refractivity (Wildman–Crippen MR) is 67.4 cm³/mol. The fraction of sp³-hybridized carbons (Fsp3) is 0.571. The van der Waals surface area contributed by atoms with Crippen molar-refractivity contribution in [3.8, 4) is 0 Å². The maximum atomic E-state index is 12.7. The molecule has 0 unspecified atom stereocenters. The van der Waals surface area contributed by atoms with Crippen LogP contribution in [0.15, 0.2) is 18.2 Å². The third-order valence-corrected chi connectivity index (χ3v) is 2.91. The molecule has 18 heavy (non-hydrogen) atoms. The predicted octanol–water partition coefficient (Wildman–Crippen LogP) is 3.94. The number of benzene rings is 1. The van der Waals surface area contributed by atoms with Gasteiger partial charge in [-0.25, -0.2) is 0 Å². The Balaban J connectivity index is 2.84. The van der Waals surface area contributed by atoms with E-state index >= 15 is 0 Å². The fourth-order valence-electron chi connectivity index (χ4n) is 1.90. The lowest BCUT2D eigenvalue weighted by Gasteiger charge is -2.12. The average molecular weight is 259 g/mol. The SMILES string of the molecule is CCc1cc(CCC[C@H](C)N)cc(C(F)(F)F)c1. The summed E-state index contributed by atoms with van der Waals surface area (Å²) >= 11 is 0. The molecule has 0 bridgehead atoms. The van der Waals surface area contributed by atoms with Crippen molar-refractivity contribution in [1.29, 1.82) is 0 Å². The Morgan fingerprint density at radius 3 is 2.28 bits per heavy atom. The summed E-state index contributed by atoms with van der Waals surface area (Å²) < 4.78 is 38.1. The van der Waals surface area contributed by atoms with Crippen LogP contribution < -0.4 is 5.73 Å².